The maximum Gasteiger partial charge on any atom is 0.165 e. The molecule has 30 heavy (non-hydrogen) atoms. The minimum absolute atomic E-state index is 0.219. The van der Waals surface area contributed by atoms with Gasteiger partial charge in [0.25, 0.3) is 0 Å². The van der Waals surface area contributed by atoms with Crippen LogP contribution >= 0.6 is 28.1 Å². The second kappa shape index (κ2) is 8.22. The summed E-state index contributed by atoms with van der Waals surface area (Å²) < 4.78 is 12.4. The van der Waals surface area contributed by atoms with Crippen LogP contribution in [0.25, 0.3) is 11.3 Å². The van der Waals surface area contributed by atoms with E-state index in [0.29, 0.717) is 16.5 Å². The second-order valence-electron chi connectivity index (χ2n) is 6.53. The Morgan fingerprint density at radius 1 is 1.13 bits per heavy atom. The van der Waals surface area contributed by atoms with Gasteiger partial charge in [-0.25, -0.2) is 0 Å². The maximum absolute atomic E-state index is 9.52. The van der Waals surface area contributed by atoms with Crippen molar-refractivity contribution < 1.29 is 9.15 Å². The number of hydrogen-bond acceptors (Lipinski definition) is 6. The van der Waals surface area contributed by atoms with Crippen molar-refractivity contribution in [3.8, 4) is 23.1 Å². The SMILES string of the molecule is COc1ccc(N2C(=S)C(C#N)=C(N)N[C@H]2c2ccc(-c3ccc(Br)cc3)o2)cc1. The fraction of sp³-hybridized carbons (Fsp3) is 0.0909. The Morgan fingerprint density at radius 2 is 1.83 bits per heavy atom. The third-order valence-corrected chi connectivity index (χ3v) is 5.67. The first-order chi connectivity index (χ1) is 14.5. The molecule has 0 spiro atoms. The summed E-state index contributed by atoms with van der Waals surface area (Å²) in [6.45, 7) is 0. The van der Waals surface area contributed by atoms with Gasteiger partial charge in [-0.15, -0.1) is 0 Å². The number of rotatable bonds is 4. The minimum atomic E-state index is -0.507. The molecule has 1 aromatic heterocycles. The first kappa shape index (κ1) is 20.0. The molecule has 3 N–H and O–H groups in total. The van der Waals surface area contributed by atoms with Crippen molar-refractivity contribution in [2.24, 2.45) is 5.73 Å². The molecule has 0 saturated carbocycles. The minimum Gasteiger partial charge on any atom is -0.497 e. The summed E-state index contributed by atoms with van der Waals surface area (Å²) in [4.78, 5) is 2.14. The zero-order valence-electron chi connectivity index (χ0n) is 15.9. The van der Waals surface area contributed by atoms with E-state index in [0.717, 1.165) is 21.5 Å². The number of nitrogens with two attached hydrogens (primary N) is 1. The zero-order chi connectivity index (χ0) is 21.3. The summed E-state index contributed by atoms with van der Waals surface area (Å²) in [5.41, 5.74) is 8.03. The van der Waals surface area contributed by atoms with E-state index in [-0.39, 0.29) is 11.4 Å². The first-order valence-electron chi connectivity index (χ1n) is 9.01. The molecule has 6 nitrogen and oxygen atoms in total. The molecule has 1 atom stereocenters. The molecule has 0 bridgehead atoms. The van der Waals surface area contributed by atoms with Crippen molar-refractivity contribution in [2.75, 3.05) is 12.0 Å². The van der Waals surface area contributed by atoms with Gasteiger partial charge in [-0.2, -0.15) is 5.26 Å². The summed E-state index contributed by atoms with van der Waals surface area (Å²) in [5, 5.41) is 12.7. The molecule has 2 heterocycles. The monoisotopic (exact) mass is 480 g/mol. The molecule has 0 saturated heterocycles. The van der Waals surface area contributed by atoms with Crippen LogP contribution in [0, 0.1) is 11.3 Å². The maximum atomic E-state index is 9.52. The lowest BCUT2D eigenvalue weighted by atomic mass is 10.1. The standard InChI is InChI=1S/C22H17BrN4O2S/c1-28-16-8-6-15(7-9-16)27-21(26-20(25)17(12-24)22(27)30)19-11-10-18(29-19)13-2-4-14(23)5-3-13/h2-11,21,26H,25H2,1H3/t21-/m1/s1. The van der Waals surface area contributed by atoms with Gasteiger partial charge in [0, 0.05) is 15.7 Å². The molecule has 0 aliphatic carbocycles. The molecule has 8 heteroatoms. The molecule has 150 valence electrons. The van der Waals surface area contributed by atoms with E-state index in [1.807, 2.05) is 65.6 Å². The van der Waals surface area contributed by atoms with Gasteiger partial charge in [-0.05, 0) is 48.5 Å². The van der Waals surface area contributed by atoms with E-state index < -0.39 is 6.17 Å². The van der Waals surface area contributed by atoms with Crippen molar-refractivity contribution in [1.29, 1.82) is 5.26 Å². The molecule has 0 fully saturated rings. The van der Waals surface area contributed by atoms with Gasteiger partial charge in [0.1, 0.15) is 39.7 Å². The Kier molecular flexibility index (Phi) is 5.48. The lowest BCUT2D eigenvalue weighted by Gasteiger charge is -2.37. The van der Waals surface area contributed by atoms with Crippen LogP contribution in [-0.4, -0.2) is 12.1 Å². The predicted molar refractivity (Wildman–Crippen MR) is 123 cm³/mol. The van der Waals surface area contributed by atoms with E-state index in [1.54, 1.807) is 7.11 Å². The van der Waals surface area contributed by atoms with Crippen molar-refractivity contribution in [1.82, 2.24) is 5.32 Å². The molecular weight excluding hydrogens is 464 g/mol. The highest BCUT2D eigenvalue weighted by Gasteiger charge is 2.34. The number of thiocarbonyl (C=S) groups is 1. The van der Waals surface area contributed by atoms with Crippen LogP contribution < -0.4 is 20.7 Å². The molecule has 0 radical (unpaired) electrons. The lowest BCUT2D eigenvalue weighted by Crippen LogP contribution is -2.48. The van der Waals surface area contributed by atoms with Gasteiger partial charge < -0.3 is 25.1 Å². The number of halogens is 1. The zero-order valence-corrected chi connectivity index (χ0v) is 18.3. The highest BCUT2D eigenvalue weighted by Crippen LogP contribution is 2.35. The van der Waals surface area contributed by atoms with Crippen LogP contribution in [0.4, 0.5) is 5.69 Å². The summed E-state index contributed by atoms with van der Waals surface area (Å²) in [5.74, 6) is 2.27. The van der Waals surface area contributed by atoms with Crippen LogP contribution in [-0.2, 0) is 0 Å². The third-order valence-electron chi connectivity index (χ3n) is 4.74. The Bertz CT molecular complexity index is 1160. The van der Waals surface area contributed by atoms with E-state index >= 15 is 0 Å². The fourth-order valence-corrected chi connectivity index (χ4v) is 3.85. The quantitative estimate of drug-likeness (QED) is 0.516. The highest BCUT2D eigenvalue weighted by atomic mass is 79.9. The van der Waals surface area contributed by atoms with Crippen LogP contribution in [0.3, 0.4) is 0 Å². The number of ether oxygens (including phenoxy) is 1. The molecule has 3 aromatic rings. The van der Waals surface area contributed by atoms with Gasteiger partial charge in [0.15, 0.2) is 6.17 Å². The number of methoxy groups -OCH3 is 1. The summed E-state index contributed by atoms with van der Waals surface area (Å²) in [7, 11) is 1.61. The second-order valence-corrected chi connectivity index (χ2v) is 7.83. The molecule has 1 aliphatic rings. The summed E-state index contributed by atoms with van der Waals surface area (Å²) in [6.07, 6.45) is -0.507. The highest BCUT2D eigenvalue weighted by molar-refractivity contribution is 9.10. The number of nitrogens with one attached hydrogen (secondary N) is 1. The average Bonchev–Trinajstić information content (AvgIpc) is 3.24. The molecule has 2 aromatic carbocycles. The van der Waals surface area contributed by atoms with Crippen molar-refractivity contribution in [2.45, 2.75) is 6.17 Å². The van der Waals surface area contributed by atoms with Crippen LogP contribution in [0.1, 0.15) is 11.9 Å². The Balaban J connectivity index is 1.76. The summed E-state index contributed by atoms with van der Waals surface area (Å²) in [6, 6.07) is 21.1. The number of benzene rings is 2. The number of furan rings is 1. The number of nitrogens with zero attached hydrogens (tertiary/aromatic N) is 2. The third kappa shape index (κ3) is 3.65. The van der Waals surface area contributed by atoms with E-state index in [2.05, 4.69) is 27.3 Å². The van der Waals surface area contributed by atoms with Crippen LogP contribution in [0.2, 0.25) is 0 Å². The molecule has 0 amide bonds. The lowest BCUT2D eigenvalue weighted by molar-refractivity contribution is 0.414. The van der Waals surface area contributed by atoms with Crippen molar-refractivity contribution >= 4 is 38.8 Å². The van der Waals surface area contributed by atoms with Gasteiger partial charge in [-0.1, -0.05) is 40.3 Å². The Hall–Kier alpha value is -3.28. The molecular formula is C22H17BrN4O2S. The Morgan fingerprint density at radius 3 is 2.47 bits per heavy atom. The van der Waals surface area contributed by atoms with E-state index in [9.17, 15) is 5.26 Å². The molecule has 4 rings (SSSR count). The number of nitriles is 1. The van der Waals surface area contributed by atoms with Gasteiger partial charge in [0.05, 0.1) is 7.11 Å². The van der Waals surface area contributed by atoms with Crippen LogP contribution in [0.5, 0.6) is 5.75 Å². The van der Waals surface area contributed by atoms with Crippen LogP contribution in [0.15, 0.2) is 80.9 Å². The van der Waals surface area contributed by atoms with Gasteiger partial charge >= 0.3 is 0 Å². The number of hydrogen-bond donors (Lipinski definition) is 2. The van der Waals surface area contributed by atoms with Gasteiger partial charge in [0.2, 0.25) is 0 Å². The van der Waals surface area contributed by atoms with E-state index in [4.69, 9.17) is 27.1 Å². The van der Waals surface area contributed by atoms with Crippen molar-refractivity contribution in [3.63, 3.8) is 0 Å². The Labute approximate surface area is 187 Å². The van der Waals surface area contributed by atoms with E-state index in [1.165, 1.54) is 0 Å². The normalized spacial score (nSPS) is 16.2. The smallest absolute Gasteiger partial charge is 0.165 e. The molecule has 1 aliphatic heterocycles. The average molecular weight is 481 g/mol. The molecule has 0 unspecified atom stereocenters. The summed E-state index contributed by atoms with van der Waals surface area (Å²) >= 11 is 9.05. The first-order valence-corrected chi connectivity index (χ1v) is 10.2. The fourth-order valence-electron chi connectivity index (χ4n) is 3.22. The van der Waals surface area contributed by atoms with Crippen molar-refractivity contribution in [3.05, 3.63) is 82.3 Å². The largest absolute Gasteiger partial charge is 0.497 e. The number of anilines is 1. The van der Waals surface area contributed by atoms with Gasteiger partial charge in [-0.3, -0.25) is 0 Å². The topological polar surface area (TPSA) is 87.5 Å². The predicted octanol–water partition coefficient (Wildman–Crippen LogP) is 4.85.